The zero-order chi connectivity index (χ0) is 37.0. The first-order chi connectivity index (χ1) is 27.7. The summed E-state index contributed by atoms with van der Waals surface area (Å²) >= 11 is 1.79. The number of hydrogen-bond donors (Lipinski definition) is 0. The summed E-state index contributed by atoms with van der Waals surface area (Å²) in [6.45, 7) is 0. The second-order valence-electron chi connectivity index (χ2n) is 13.9. The van der Waals surface area contributed by atoms with Crippen LogP contribution in [0.15, 0.2) is 192 Å². The zero-order valence-electron chi connectivity index (χ0n) is 30.1. The van der Waals surface area contributed by atoms with Gasteiger partial charge in [-0.05, 0) is 52.1 Å². The molecule has 5 heteroatoms. The van der Waals surface area contributed by atoms with E-state index in [4.69, 9.17) is 19.4 Å². The molecule has 0 amide bonds. The zero-order valence-corrected chi connectivity index (χ0v) is 30.9. The number of furan rings is 1. The van der Waals surface area contributed by atoms with Crippen LogP contribution in [0.4, 0.5) is 0 Å². The lowest BCUT2D eigenvalue weighted by Gasteiger charge is -2.11. The molecule has 56 heavy (non-hydrogen) atoms. The third-order valence-electron chi connectivity index (χ3n) is 10.6. The van der Waals surface area contributed by atoms with E-state index in [1.165, 1.54) is 31.3 Å². The van der Waals surface area contributed by atoms with E-state index in [0.717, 1.165) is 60.9 Å². The fraction of sp³-hybridized carbons (Fsp3) is 0. The molecule has 0 aliphatic rings. The maximum Gasteiger partial charge on any atom is 0.164 e. The standard InChI is InChI=1S/C51H31N3OS/c1-4-13-32(14-5-1)33-23-25-34(26-24-33)38-29-30-40(48-47(38)41-19-10-11-21-43(41)55-48)39-20-12-22-44-46(39)42-28-27-37(31-45(42)56-44)51-53-49(35-15-6-2-7-16-35)52-50(54-51)36-17-8-3-9-18-36/h1-31H. The highest BCUT2D eigenvalue weighted by Gasteiger charge is 2.21. The van der Waals surface area contributed by atoms with Gasteiger partial charge in [0.1, 0.15) is 11.2 Å². The first-order valence-electron chi connectivity index (χ1n) is 18.7. The predicted molar refractivity (Wildman–Crippen MR) is 233 cm³/mol. The summed E-state index contributed by atoms with van der Waals surface area (Å²) in [6, 6.07) is 65.6. The van der Waals surface area contributed by atoms with Gasteiger partial charge in [0.25, 0.3) is 0 Å². The van der Waals surface area contributed by atoms with Crippen LogP contribution in [-0.2, 0) is 0 Å². The average molecular weight is 734 g/mol. The molecule has 11 rings (SSSR count). The number of rotatable bonds is 6. The van der Waals surface area contributed by atoms with Crippen molar-refractivity contribution in [3.05, 3.63) is 188 Å². The molecule has 0 bridgehead atoms. The smallest absolute Gasteiger partial charge is 0.164 e. The highest BCUT2D eigenvalue weighted by molar-refractivity contribution is 7.26. The Balaban J connectivity index is 1.06. The van der Waals surface area contributed by atoms with E-state index >= 15 is 0 Å². The van der Waals surface area contributed by atoms with Gasteiger partial charge in [-0.25, -0.2) is 15.0 Å². The fourth-order valence-electron chi connectivity index (χ4n) is 7.88. The average Bonchev–Trinajstić information content (AvgIpc) is 3.86. The molecule has 0 radical (unpaired) electrons. The van der Waals surface area contributed by atoms with Crippen LogP contribution in [0, 0.1) is 0 Å². The van der Waals surface area contributed by atoms with Gasteiger partial charge in [0, 0.05) is 53.2 Å². The van der Waals surface area contributed by atoms with Gasteiger partial charge in [0.2, 0.25) is 0 Å². The fourth-order valence-corrected chi connectivity index (χ4v) is 9.05. The van der Waals surface area contributed by atoms with Crippen LogP contribution >= 0.6 is 11.3 Å². The molecule has 3 aromatic heterocycles. The quantitative estimate of drug-likeness (QED) is 0.171. The lowest BCUT2D eigenvalue weighted by molar-refractivity contribution is 0.670. The van der Waals surface area contributed by atoms with Crippen LogP contribution in [0.1, 0.15) is 0 Å². The molecule has 3 heterocycles. The van der Waals surface area contributed by atoms with Gasteiger partial charge in [0.15, 0.2) is 17.5 Å². The molecule has 0 N–H and O–H groups in total. The Labute approximate surface area is 327 Å². The van der Waals surface area contributed by atoms with Gasteiger partial charge in [-0.3, -0.25) is 0 Å². The summed E-state index contributed by atoms with van der Waals surface area (Å²) in [7, 11) is 0. The van der Waals surface area contributed by atoms with Crippen molar-refractivity contribution >= 4 is 53.4 Å². The van der Waals surface area contributed by atoms with Gasteiger partial charge in [-0.15, -0.1) is 11.3 Å². The molecule has 4 nitrogen and oxygen atoms in total. The first-order valence-corrected chi connectivity index (χ1v) is 19.5. The Morgan fingerprint density at radius 1 is 0.339 bits per heavy atom. The van der Waals surface area contributed by atoms with E-state index in [1.54, 1.807) is 11.3 Å². The number of fused-ring (bicyclic) bond motifs is 6. The molecule has 0 saturated heterocycles. The van der Waals surface area contributed by atoms with Gasteiger partial charge in [-0.1, -0.05) is 164 Å². The van der Waals surface area contributed by atoms with Crippen LogP contribution in [-0.4, -0.2) is 15.0 Å². The number of thiophene rings is 1. The number of para-hydroxylation sites is 1. The number of hydrogen-bond acceptors (Lipinski definition) is 5. The Kier molecular flexibility index (Phi) is 7.64. The minimum absolute atomic E-state index is 0.647. The second kappa shape index (κ2) is 13.3. The van der Waals surface area contributed by atoms with Crippen LogP contribution in [0.2, 0.25) is 0 Å². The molecule has 11 aromatic rings. The molecular weight excluding hydrogens is 703 g/mol. The van der Waals surface area contributed by atoms with Crippen molar-refractivity contribution in [2.24, 2.45) is 0 Å². The van der Waals surface area contributed by atoms with Crippen molar-refractivity contribution in [1.82, 2.24) is 15.0 Å². The lowest BCUT2D eigenvalue weighted by atomic mass is 9.92. The van der Waals surface area contributed by atoms with Crippen LogP contribution in [0.3, 0.4) is 0 Å². The monoisotopic (exact) mass is 733 g/mol. The molecule has 0 aliphatic heterocycles. The predicted octanol–water partition coefficient (Wildman–Crippen LogP) is 14.1. The molecule has 0 unspecified atom stereocenters. The molecular formula is C51H31N3OS. The lowest BCUT2D eigenvalue weighted by Crippen LogP contribution is -1.99. The summed E-state index contributed by atoms with van der Waals surface area (Å²) in [5.74, 6) is 1.95. The third-order valence-corrected chi connectivity index (χ3v) is 11.7. The van der Waals surface area contributed by atoms with Crippen molar-refractivity contribution in [3.8, 4) is 67.5 Å². The Morgan fingerprint density at radius 3 is 1.59 bits per heavy atom. The number of benzene rings is 8. The Bertz CT molecular complexity index is 3170. The summed E-state index contributed by atoms with van der Waals surface area (Å²) in [5.41, 5.74) is 11.6. The number of nitrogens with zero attached hydrogens (tertiary/aromatic N) is 3. The van der Waals surface area contributed by atoms with Crippen LogP contribution < -0.4 is 0 Å². The normalized spacial score (nSPS) is 11.6. The summed E-state index contributed by atoms with van der Waals surface area (Å²) in [6.07, 6.45) is 0. The molecule has 0 atom stereocenters. The Hall–Kier alpha value is -7.21. The molecule has 0 spiro atoms. The van der Waals surface area contributed by atoms with Gasteiger partial charge < -0.3 is 4.42 Å². The molecule has 0 aliphatic carbocycles. The topological polar surface area (TPSA) is 51.8 Å². The van der Waals surface area contributed by atoms with Crippen molar-refractivity contribution in [3.63, 3.8) is 0 Å². The summed E-state index contributed by atoms with van der Waals surface area (Å²) < 4.78 is 9.17. The van der Waals surface area contributed by atoms with Crippen LogP contribution in [0.5, 0.6) is 0 Å². The van der Waals surface area contributed by atoms with Crippen molar-refractivity contribution in [1.29, 1.82) is 0 Å². The maximum absolute atomic E-state index is 6.78. The minimum atomic E-state index is 0.647. The molecule has 0 saturated carbocycles. The van der Waals surface area contributed by atoms with E-state index in [0.29, 0.717) is 17.5 Å². The van der Waals surface area contributed by atoms with Crippen molar-refractivity contribution in [2.45, 2.75) is 0 Å². The summed E-state index contributed by atoms with van der Waals surface area (Å²) in [4.78, 5) is 14.9. The third kappa shape index (κ3) is 5.48. The van der Waals surface area contributed by atoms with Gasteiger partial charge in [0.05, 0.1) is 0 Å². The van der Waals surface area contributed by atoms with Gasteiger partial charge in [-0.2, -0.15) is 0 Å². The van der Waals surface area contributed by atoms with E-state index in [9.17, 15) is 0 Å². The van der Waals surface area contributed by atoms with E-state index in [2.05, 4.69) is 121 Å². The number of aromatic nitrogens is 3. The van der Waals surface area contributed by atoms with Crippen molar-refractivity contribution in [2.75, 3.05) is 0 Å². The largest absolute Gasteiger partial charge is 0.455 e. The second-order valence-corrected chi connectivity index (χ2v) is 15.0. The van der Waals surface area contributed by atoms with Crippen LogP contribution in [0.25, 0.3) is 110 Å². The molecule has 0 fully saturated rings. The Morgan fingerprint density at radius 2 is 0.893 bits per heavy atom. The van der Waals surface area contributed by atoms with E-state index in [1.807, 2.05) is 66.7 Å². The van der Waals surface area contributed by atoms with E-state index in [-0.39, 0.29) is 0 Å². The van der Waals surface area contributed by atoms with Crippen molar-refractivity contribution < 1.29 is 4.42 Å². The molecule has 262 valence electrons. The maximum atomic E-state index is 6.78. The SMILES string of the molecule is c1ccc(-c2ccc(-c3ccc(-c4cccc5sc6cc(-c7nc(-c8ccccc8)nc(-c8ccccc8)n7)ccc6c45)c4oc5ccccc5c34)cc2)cc1. The highest BCUT2D eigenvalue weighted by Crippen LogP contribution is 2.46. The summed E-state index contributed by atoms with van der Waals surface area (Å²) in [5, 5.41) is 4.64. The first kappa shape index (κ1) is 32.2. The van der Waals surface area contributed by atoms with Gasteiger partial charge >= 0.3 is 0 Å². The minimum Gasteiger partial charge on any atom is -0.455 e. The van der Waals surface area contributed by atoms with E-state index < -0.39 is 0 Å². The molecule has 8 aromatic carbocycles. The highest BCUT2D eigenvalue weighted by atomic mass is 32.1.